The minimum atomic E-state index is -0.191. The van der Waals surface area contributed by atoms with Crippen LogP contribution >= 0.6 is 0 Å². The van der Waals surface area contributed by atoms with Crippen molar-refractivity contribution in [3.05, 3.63) is 54.1 Å². The Morgan fingerprint density at radius 3 is 3.00 bits per heavy atom. The first-order chi connectivity index (χ1) is 11.6. The largest absolute Gasteiger partial charge is 0.340 e. The Labute approximate surface area is 143 Å². The van der Waals surface area contributed by atoms with Crippen LogP contribution in [0.4, 0.5) is 0 Å². The van der Waals surface area contributed by atoms with Crippen molar-refractivity contribution < 1.29 is 4.79 Å². The Hall–Kier alpha value is -2.14. The average Bonchev–Trinajstić information content (AvgIpc) is 3.09. The Morgan fingerprint density at radius 2 is 2.21 bits per heavy atom. The highest BCUT2D eigenvalue weighted by Gasteiger charge is 2.24. The number of likely N-dealkylation sites (N-methyl/N-ethyl adjacent to an activating group) is 1. The summed E-state index contributed by atoms with van der Waals surface area (Å²) < 4.78 is 2.23. The third-order valence-electron chi connectivity index (χ3n) is 4.74. The zero-order valence-electron chi connectivity index (χ0n) is 14.5. The van der Waals surface area contributed by atoms with E-state index in [1.54, 1.807) is 4.90 Å². The van der Waals surface area contributed by atoms with E-state index in [9.17, 15) is 4.79 Å². The first-order valence-electron chi connectivity index (χ1n) is 8.68. The summed E-state index contributed by atoms with van der Waals surface area (Å²) in [7, 11) is 1.86. The molecule has 5 heteroatoms. The molecule has 1 amide bonds. The van der Waals surface area contributed by atoms with Gasteiger partial charge in [-0.25, -0.2) is 4.98 Å². The molecule has 1 aliphatic heterocycles. The van der Waals surface area contributed by atoms with Gasteiger partial charge in [0.05, 0.1) is 6.04 Å². The van der Waals surface area contributed by atoms with Gasteiger partial charge in [0.1, 0.15) is 5.82 Å². The first kappa shape index (κ1) is 16.7. The molecule has 0 bridgehead atoms. The number of imidazole rings is 1. The summed E-state index contributed by atoms with van der Waals surface area (Å²) >= 11 is 0. The third kappa shape index (κ3) is 3.85. The summed E-state index contributed by atoms with van der Waals surface area (Å²) in [5.41, 5.74) is 1.15. The van der Waals surface area contributed by atoms with Gasteiger partial charge in [0, 0.05) is 45.0 Å². The van der Waals surface area contributed by atoms with Gasteiger partial charge in [0.2, 0.25) is 5.91 Å². The lowest BCUT2D eigenvalue weighted by atomic mass is 9.98. The zero-order chi connectivity index (χ0) is 16.9. The van der Waals surface area contributed by atoms with Crippen molar-refractivity contribution in [3.8, 4) is 0 Å². The summed E-state index contributed by atoms with van der Waals surface area (Å²) in [5, 5.41) is 3.40. The molecule has 1 aromatic heterocycles. The Balaban J connectivity index is 1.52. The number of aryl methyl sites for hydroxylation is 1. The molecule has 0 spiro atoms. The van der Waals surface area contributed by atoms with Gasteiger partial charge in [-0.3, -0.25) is 4.79 Å². The maximum atomic E-state index is 12.6. The second-order valence-electron chi connectivity index (χ2n) is 6.63. The number of benzene rings is 1. The van der Waals surface area contributed by atoms with Crippen LogP contribution in [0, 0.1) is 0 Å². The Kier molecular flexibility index (Phi) is 5.30. The summed E-state index contributed by atoms with van der Waals surface area (Å²) in [5.74, 6) is 1.66. The molecule has 5 nitrogen and oxygen atoms in total. The van der Waals surface area contributed by atoms with Gasteiger partial charge in [-0.05, 0) is 25.3 Å². The van der Waals surface area contributed by atoms with E-state index in [4.69, 9.17) is 0 Å². The van der Waals surface area contributed by atoms with Crippen LogP contribution in [-0.2, 0) is 17.9 Å². The quantitative estimate of drug-likeness (QED) is 0.887. The molecule has 0 radical (unpaired) electrons. The molecular formula is C19H26N4O. The monoisotopic (exact) mass is 326 g/mol. The van der Waals surface area contributed by atoms with Crippen molar-refractivity contribution in [1.82, 2.24) is 19.8 Å². The number of hydrogen-bond donors (Lipinski definition) is 1. The molecule has 1 aliphatic rings. The molecule has 2 aromatic rings. The SMILES string of the molecule is C[C@H](NC[C@@H]1CCCn2ccnc21)C(=O)N(C)Cc1ccccc1. The summed E-state index contributed by atoms with van der Waals surface area (Å²) in [6, 6.07) is 9.89. The molecule has 2 heterocycles. The molecule has 1 aromatic carbocycles. The summed E-state index contributed by atoms with van der Waals surface area (Å²) in [4.78, 5) is 18.8. The van der Waals surface area contributed by atoms with E-state index in [-0.39, 0.29) is 11.9 Å². The van der Waals surface area contributed by atoms with Gasteiger partial charge in [0.15, 0.2) is 0 Å². The predicted octanol–water partition coefficient (Wildman–Crippen LogP) is 2.40. The van der Waals surface area contributed by atoms with Gasteiger partial charge in [-0.2, -0.15) is 0 Å². The van der Waals surface area contributed by atoms with E-state index in [0.29, 0.717) is 12.5 Å². The van der Waals surface area contributed by atoms with Crippen molar-refractivity contribution in [3.63, 3.8) is 0 Å². The minimum Gasteiger partial charge on any atom is -0.340 e. The van der Waals surface area contributed by atoms with Crippen molar-refractivity contribution >= 4 is 5.91 Å². The van der Waals surface area contributed by atoms with Crippen molar-refractivity contribution in [2.75, 3.05) is 13.6 Å². The molecule has 3 rings (SSSR count). The molecule has 0 unspecified atom stereocenters. The van der Waals surface area contributed by atoms with Crippen molar-refractivity contribution in [2.45, 2.75) is 44.8 Å². The van der Waals surface area contributed by atoms with E-state index >= 15 is 0 Å². The van der Waals surface area contributed by atoms with Crippen LogP contribution in [0.2, 0.25) is 0 Å². The summed E-state index contributed by atoms with van der Waals surface area (Å²) in [6.07, 6.45) is 6.22. The molecule has 128 valence electrons. The maximum absolute atomic E-state index is 12.6. The highest BCUT2D eigenvalue weighted by Crippen LogP contribution is 2.24. The fraction of sp³-hybridized carbons (Fsp3) is 0.474. The normalized spacial score (nSPS) is 18.0. The molecular weight excluding hydrogens is 300 g/mol. The minimum absolute atomic E-state index is 0.123. The highest BCUT2D eigenvalue weighted by molar-refractivity contribution is 5.81. The van der Waals surface area contributed by atoms with Crippen LogP contribution in [0.5, 0.6) is 0 Å². The lowest BCUT2D eigenvalue weighted by molar-refractivity contribution is -0.132. The number of rotatable bonds is 6. The predicted molar refractivity (Wildman–Crippen MR) is 94.6 cm³/mol. The average molecular weight is 326 g/mol. The Morgan fingerprint density at radius 1 is 1.42 bits per heavy atom. The number of fused-ring (bicyclic) bond motifs is 1. The molecule has 0 saturated carbocycles. The molecule has 0 fully saturated rings. The number of amides is 1. The van der Waals surface area contributed by atoms with Crippen LogP contribution in [0.15, 0.2) is 42.7 Å². The smallest absolute Gasteiger partial charge is 0.239 e. The van der Waals surface area contributed by atoms with Crippen LogP contribution in [0.1, 0.15) is 37.1 Å². The molecule has 24 heavy (non-hydrogen) atoms. The maximum Gasteiger partial charge on any atom is 0.239 e. The number of nitrogens with one attached hydrogen (secondary N) is 1. The fourth-order valence-electron chi connectivity index (χ4n) is 3.37. The second kappa shape index (κ2) is 7.62. The third-order valence-corrected chi connectivity index (χ3v) is 4.74. The van der Waals surface area contributed by atoms with Gasteiger partial charge in [0.25, 0.3) is 0 Å². The number of carbonyl (C=O) groups excluding carboxylic acids is 1. The van der Waals surface area contributed by atoms with Gasteiger partial charge < -0.3 is 14.8 Å². The van der Waals surface area contributed by atoms with E-state index < -0.39 is 0 Å². The number of carbonyl (C=O) groups is 1. The molecule has 0 saturated heterocycles. The van der Waals surface area contributed by atoms with Crippen LogP contribution in [0.25, 0.3) is 0 Å². The van der Waals surface area contributed by atoms with Gasteiger partial charge in [-0.1, -0.05) is 30.3 Å². The second-order valence-corrected chi connectivity index (χ2v) is 6.63. The lowest BCUT2D eigenvalue weighted by Gasteiger charge is -2.27. The highest BCUT2D eigenvalue weighted by atomic mass is 16.2. The van der Waals surface area contributed by atoms with Crippen LogP contribution in [0.3, 0.4) is 0 Å². The summed E-state index contributed by atoms with van der Waals surface area (Å²) in [6.45, 7) is 4.43. The fourth-order valence-corrected chi connectivity index (χ4v) is 3.37. The number of nitrogens with zero attached hydrogens (tertiary/aromatic N) is 3. The van der Waals surface area contributed by atoms with Crippen molar-refractivity contribution in [2.24, 2.45) is 0 Å². The zero-order valence-corrected chi connectivity index (χ0v) is 14.5. The number of aromatic nitrogens is 2. The van der Waals surface area contributed by atoms with Gasteiger partial charge in [-0.15, -0.1) is 0 Å². The molecule has 0 aliphatic carbocycles. The lowest BCUT2D eigenvalue weighted by Crippen LogP contribution is -2.44. The van der Waals surface area contributed by atoms with Gasteiger partial charge >= 0.3 is 0 Å². The van der Waals surface area contributed by atoms with E-state index in [2.05, 4.69) is 14.9 Å². The first-order valence-corrected chi connectivity index (χ1v) is 8.68. The van der Waals surface area contributed by atoms with E-state index in [1.165, 1.54) is 6.42 Å². The van der Waals surface area contributed by atoms with E-state index in [0.717, 1.165) is 30.9 Å². The Bertz CT molecular complexity index is 667. The standard InChI is InChI=1S/C19H26N4O/c1-15(19(24)22(2)14-16-7-4-3-5-8-16)21-13-17-9-6-11-23-12-10-20-18(17)23/h3-5,7-8,10,12,15,17,21H,6,9,11,13-14H2,1-2H3/t15-,17-/m0/s1. The topological polar surface area (TPSA) is 50.2 Å². The van der Waals surface area contributed by atoms with E-state index in [1.807, 2.05) is 56.7 Å². The number of hydrogen-bond acceptors (Lipinski definition) is 3. The van der Waals surface area contributed by atoms with Crippen LogP contribution in [-0.4, -0.2) is 40.0 Å². The molecule has 1 N–H and O–H groups in total. The van der Waals surface area contributed by atoms with Crippen LogP contribution < -0.4 is 5.32 Å². The molecule has 2 atom stereocenters. The van der Waals surface area contributed by atoms with Crippen molar-refractivity contribution in [1.29, 1.82) is 0 Å².